The Kier molecular flexibility index (Phi) is 5.08. The Bertz CT molecular complexity index is 324. The lowest BCUT2D eigenvalue weighted by atomic mass is 10.1. The molecular formula is C12H19NO3. The Morgan fingerprint density at radius 1 is 1.44 bits per heavy atom. The van der Waals surface area contributed by atoms with Gasteiger partial charge in [-0.2, -0.15) is 0 Å². The first-order chi connectivity index (χ1) is 7.71. The summed E-state index contributed by atoms with van der Waals surface area (Å²) in [6, 6.07) is 5.33. The van der Waals surface area contributed by atoms with Gasteiger partial charge >= 0.3 is 0 Å². The molecule has 16 heavy (non-hydrogen) atoms. The number of hydrogen-bond donors (Lipinski definition) is 3. The van der Waals surface area contributed by atoms with Crippen molar-refractivity contribution >= 4 is 0 Å². The van der Waals surface area contributed by atoms with Crippen molar-refractivity contribution in [2.45, 2.75) is 25.9 Å². The van der Waals surface area contributed by atoms with E-state index in [1.54, 1.807) is 12.1 Å². The van der Waals surface area contributed by atoms with E-state index in [2.05, 4.69) is 5.32 Å². The molecule has 1 rings (SSSR count). The van der Waals surface area contributed by atoms with Crippen LogP contribution in [0.3, 0.4) is 0 Å². The van der Waals surface area contributed by atoms with Gasteiger partial charge in [-0.25, -0.2) is 0 Å². The fraction of sp³-hybridized carbons (Fsp3) is 0.500. The van der Waals surface area contributed by atoms with Crippen molar-refractivity contribution in [3.63, 3.8) is 0 Å². The van der Waals surface area contributed by atoms with Crippen molar-refractivity contribution in [2.24, 2.45) is 0 Å². The highest BCUT2D eigenvalue weighted by atomic mass is 16.5. The maximum atomic E-state index is 9.42. The Morgan fingerprint density at radius 3 is 2.75 bits per heavy atom. The molecule has 0 aliphatic heterocycles. The molecule has 0 aromatic heterocycles. The van der Waals surface area contributed by atoms with E-state index < -0.39 is 0 Å². The minimum absolute atomic E-state index is 0.111. The van der Waals surface area contributed by atoms with Crippen LogP contribution in [0.2, 0.25) is 0 Å². The van der Waals surface area contributed by atoms with Gasteiger partial charge in [0, 0.05) is 12.6 Å². The summed E-state index contributed by atoms with van der Waals surface area (Å²) in [5.74, 6) is 0.608. The summed E-state index contributed by atoms with van der Waals surface area (Å²) in [7, 11) is 1.52. The van der Waals surface area contributed by atoms with Crippen molar-refractivity contribution in [2.75, 3.05) is 13.7 Å². The lowest BCUT2D eigenvalue weighted by Gasteiger charge is -2.14. The zero-order valence-electron chi connectivity index (χ0n) is 9.73. The van der Waals surface area contributed by atoms with E-state index in [4.69, 9.17) is 9.84 Å². The smallest absolute Gasteiger partial charge is 0.160 e. The van der Waals surface area contributed by atoms with Crippen LogP contribution >= 0.6 is 0 Å². The topological polar surface area (TPSA) is 61.7 Å². The van der Waals surface area contributed by atoms with E-state index in [9.17, 15) is 5.11 Å². The highest BCUT2D eigenvalue weighted by Gasteiger charge is 2.05. The van der Waals surface area contributed by atoms with Gasteiger partial charge in [0.15, 0.2) is 11.5 Å². The van der Waals surface area contributed by atoms with Gasteiger partial charge < -0.3 is 20.3 Å². The van der Waals surface area contributed by atoms with Gasteiger partial charge in [-0.15, -0.1) is 0 Å². The van der Waals surface area contributed by atoms with Crippen LogP contribution in [0.1, 0.15) is 18.9 Å². The van der Waals surface area contributed by atoms with Crippen LogP contribution < -0.4 is 10.1 Å². The van der Waals surface area contributed by atoms with Gasteiger partial charge in [0.25, 0.3) is 0 Å². The second-order valence-corrected chi connectivity index (χ2v) is 3.67. The largest absolute Gasteiger partial charge is 0.504 e. The van der Waals surface area contributed by atoms with Crippen LogP contribution in [-0.2, 0) is 6.54 Å². The molecule has 0 saturated carbocycles. The third kappa shape index (κ3) is 3.40. The SMILES string of the molecule is CC[C@H](CO)NCc1ccc(O)c(OC)c1. The molecule has 0 spiro atoms. The molecular weight excluding hydrogens is 206 g/mol. The third-order valence-electron chi connectivity index (χ3n) is 2.55. The summed E-state index contributed by atoms with van der Waals surface area (Å²) in [4.78, 5) is 0. The van der Waals surface area contributed by atoms with Gasteiger partial charge in [0.05, 0.1) is 13.7 Å². The maximum Gasteiger partial charge on any atom is 0.160 e. The van der Waals surface area contributed by atoms with Crippen LogP contribution in [0.15, 0.2) is 18.2 Å². The second-order valence-electron chi connectivity index (χ2n) is 3.67. The number of phenols is 1. The van der Waals surface area contributed by atoms with Crippen molar-refractivity contribution in [3.8, 4) is 11.5 Å². The van der Waals surface area contributed by atoms with E-state index in [1.807, 2.05) is 13.0 Å². The monoisotopic (exact) mass is 225 g/mol. The van der Waals surface area contributed by atoms with Crippen molar-refractivity contribution in [1.29, 1.82) is 0 Å². The van der Waals surface area contributed by atoms with Gasteiger partial charge in [-0.1, -0.05) is 13.0 Å². The number of nitrogens with one attached hydrogen (secondary N) is 1. The standard InChI is InChI=1S/C12H19NO3/c1-3-10(8-14)13-7-9-4-5-11(15)12(6-9)16-2/h4-6,10,13-15H,3,7-8H2,1-2H3/t10-/m1/s1. The van der Waals surface area contributed by atoms with E-state index in [0.29, 0.717) is 12.3 Å². The number of aliphatic hydroxyl groups excluding tert-OH is 1. The van der Waals surface area contributed by atoms with Crippen molar-refractivity contribution in [1.82, 2.24) is 5.32 Å². The Balaban J connectivity index is 2.60. The first-order valence-corrected chi connectivity index (χ1v) is 5.41. The number of ether oxygens (including phenoxy) is 1. The molecule has 0 unspecified atom stereocenters. The minimum Gasteiger partial charge on any atom is -0.504 e. The number of aromatic hydroxyl groups is 1. The van der Waals surface area contributed by atoms with Gasteiger partial charge in [-0.3, -0.25) is 0 Å². The minimum atomic E-state index is 0.111. The quantitative estimate of drug-likeness (QED) is 0.682. The van der Waals surface area contributed by atoms with Gasteiger partial charge in [0.2, 0.25) is 0 Å². The molecule has 0 aliphatic carbocycles. The van der Waals surface area contributed by atoms with E-state index in [1.165, 1.54) is 7.11 Å². The highest BCUT2D eigenvalue weighted by molar-refractivity contribution is 5.41. The summed E-state index contributed by atoms with van der Waals surface area (Å²) in [5.41, 5.74) is 1.02. The lowest BCUT2D eigenvalue weighted by Crippen LogP contribution is -2.31. The van der Waals surface area contributed by atoms with Gasteiger partial charge in [0.1, 0.15) is 0 Å². The predicted octanol–water partition coefficient (Wildman–Crippen LogP) is 1.26. The van der Waals surface area contributed by atoms with Gasteiger partial charge in [-0.05, 0) is 24.1 Å². The molecule has 0 fully saturated rings. The summed E-state index contributed by atoms with van der Waals surface area (Å²) in [5, 5.41) is 21.7. The normalized spacial score (nSPS) is 12.4. The molecule has 0 amide bonds. The Labute approximate surface area is 95.9 Å². The molecule has 1 atom stereocenters. The molecule has 4 heteroatoms. The van der Waals surface area contributed by atoms with Crippen molar-refractivity contribution in [3.05, 3.63) is 23.8 Å². The predicted molar refractivity (Wildman–Crippen MR) is 62.7 cm³/mol. The first-order valence-electron chi connectivity index (χ1n) is 5.41. The molecule has 1 aromatic carbocycles. The zero-order chi connectivity index (χ0) is 12.0. The summed E-state index contributed by atoms with van der Waals surface area (Å²) in [6.07, 6.45) is 0.881. The van der Waals surface area contributed by atoms with E-state index in [-0.39, 0.29) is 18.4 Å². The fourth-order valence-corrected chi connectivity index (χ4v) is 1.43. The van der Waals surface area contributed by atoms with Crippen LogP contribution in [0.4, 0.5) is 0 Å². The highest BCUT2D eigenvalue weighted by Crippen LogP contribution is 2.26. The second kappa shape index (κ2) is 6.35. The third-order valence-corrected chi connectivity index (χ3v) is 2.55. The Hall–Kier alpha value is -1.26. The molecule has 90 valence electrons. The summed E-state index contributed by atoms with van der Waals surface area (Å²) in [6.45, 7) is 2.80. The number of phenolic OH excluding ortho intramolecular Hbond substituents is 1. The van der Waals surface area contributed by atoms with Crippen LogP contribution in [0.5, 0.6) is 11.5 Å². The molecule has 0 aliphatic rings. The van der Waals surface area contributed by atoms with E-state index in [0.717, 1.165) is 12.0 Å². The number of rotatable bonds is 6. The molecule has 4 nitrogen and oxygen atoms in total. The molecule has 3 N–H and O–H groups in total. The lowest BCUT2D eigenvalue weighted by molar-refractivity contribution is 0.238. The molecule has 0 radical (unpaired) electrons. The molecule has 0 bridgehead atoms. The van der Waals surface area contributed by atoms with Crippen LogP contribution in [-0.4, -0.2) is 30.0 Å². The first kappa shape index (κ1) is 12.8. The molecule has 0 heterocycles. The molecule has 0 saturated heterocycles. The Morgan fingerprint density at radius 2 is 2.19 bits per heavy atom. The number of hydrogen-bond acceptors (Lipinski definition) is 4. The van der Waals surface area contributed by atoms with E-state index >= 15 is 0 Å². The fourth-order valence-electron chi connectivity index (χ4n) is 1.43. The average molecular weight is 225 g/mol. The zero-order valence-corrected chi connectivity index (χ0v) is 9.73. The van der Waals surface area contributed by atoms with Crippen molar-refractivity contribution < 1.29 is 14.9 Å². The number of aliphatic hydroxyl groups is 1. The van der Waals surface area contributed by atoms with Crippen LogP contribution in [0, 0.1) is 0 Å². The maximum absolute atomic E-state index is 9.42. The van der Waals surface area contributed by atoms with Crippen LogP contribution in [0.25, 0.3) is 0 Å². The average Bonchev–Trinajstić information content (AvgIpc) is 2.32. The number of benzene rings is 1. The molecule has 1 aromatic rings. The number of methoxy groups -OCH3 is 1. The summed E-state index contributed by atoms with van der Waals surface area (Å²) < 4.78 is 5.02. The summed E-state index contributed by atoms with van der Waals surface area (Å²) >= 11 is 0.